The molecule has 1 aromatic rings. The van der Waals surface area contributed by atoms with E-state index >= 15 is 0 Å². The van der Waals surface area contributed by atoms with E-state index in [9.17, 15) is 8.42 Å². The van der Waals surface area contributed by atoms with Crippen LogP contribution in [0.15, 0.2) is 24.3 Å². The first-order valence-corrected chi connectivity index (χ1v) is 7.01. The van der Waals surface area contributed by atoms with Gasteiger partial charge in [0.2, 0.25) is 10.0 Å². The summed E-state index contributed by atoms with van der Waals surface area (Å²) in [5, 5.41) is 0. The molecule has 0 atom stereocenters. The molecule has 0 bridgehead atoms. The molecule has 90 valence electrons. The number of hydrogen-bond acceptors (Lipinski definition) is 2. The molecule has 0 saturated heterocycles. The standard InChI is InChI=1S/C12H19NO2S/c1-5-16(14,15)13-11-9-7-6-8-10(11)12(2,3)4/h6-9,13H,5H2,1-4H3. The van der Waals surface area contributed by atoms with E-state index in [4.69, 9.17) is 0 Å². The lowest BCUT2D eigenvalue weighted by Gasteiger charge is -2.23. The molecule has 4 heteroatoms. The van der Waals surface area contributed by atoms with Crippen LogP contribution in [0.2, 0.25) is 0 Å². The first-order chi connectivity index (χ1) is 7.26. The van der Waals surface area contributed by atoms with Gasteiger partial charge in [0.15, 0.2) is 0 Å². The molecule has 0 heterocycles. The zero-order chi connectivity index (χ0) is 12.4. The summed E-state index contributed by atoms with van der Waals surface area (Å²) >= 11 is 0. The van der Waals surface area contributed by atoms with Gasteiger partial charge in [-0.1, -0.05) is 39.0 Å². The fraction of sp³-hybridized carbons (Fsp3) is 0.500. The number of anilines is 1. The Labute approximate surface area is 97.9 Å². The number of benzene rings is 1. The van der Waals surface area contributed by atoms with Crippen LogP contribution in [0.1, 0.15) is 33.3 Å². The van der Waals surface area contributed by atoms with Gasteiger partial charge in [0, 0.05) is 0 Å². The van der Waals surface area contributed by atoms with Crippen molar-refractivity contribution in [3.05, 3.63) is 29.8 Å². The van der Waals surface area contributed by atoms with Crippen LogP contribution in [-0.2, 0) is 15.4 Å². The molecular weight excluding hydrogens is 222 g/mol. The molecule has 0 radical (unpaired) electrons. The lowest BCUT2D eigenvalue weighted by atomic mass is 9.86. The molecule has 1 rings (SSSR count). The average molecular weight is 241 g/mol. The molecule has 0 saturated carbocycles. The van der Waals surface area contributed by atoms with E-state index in [1.807, 2.05) is 18.2 Å². The summed E-state index contributed by atoms with van der Waals surface area (Å²) in [7, 11) is -3.21. The second kappa shape index (κ2) is 4.45. The Bertz CT molecular complexity index is 458. The summed E-state index contributed by atoms with van der Waals surface area (Å²) in [5.74, 6) is 0.0888. The van der Waals surface area contributed by atoms with Crippen molar-refractivity contribution in [1.29, 1.82) is 0 Å². The van der Waals surface area contributed by atoms with E-state index in [0.717, 1.165) is 5.56 Å². The number of para-hydroxylation sites is 1. The first kappa shape index (κ1) is 13.0. The van der Waals surface area contributed by atoms with E-state index < -0.39 is 10.0 Å². The molecule has 16 heavy (non-hydrogen) atoms. The summed E-state index contributed by atoms with van der Waals surface area (Å²) in [6.07, 6.45) is 0. The molecular formula is C12H19NO2S. The van der Waals surface area contributed by atoms with Crippen molar-refractivity contribution in [2.75, 3.05) is 10.5 Å². The van der Waals surface area contributed by atoms with Gasteiger partial charge in [-0.15, -0.1) is 0 Å². The van der Waals surface area contributed by atoms with Crippen LogP contribution < -0.4 is 4.72 Å². The Hall–Kier alpha value is -1.03. The van der Waals surface area contributed by atoms with Gasteiger partial charge in [-0.05, 0) is 24.0 Å². The Morgan fingerprint density at radius 2 is 1.75 bits per heavy atom. The minimum Gasteiger partial charge on any atom is -0.283 e. The SMILES string of the molecule is CCS(=O)(=O)Nc1ccccc1C(C)(C)C. The van der Waals surface area contributed by atoms with Gasteiger partial charge < -0.3 is 0 Å². The van der Waals surface area contributed by atoms with Crippen molar-refractivity contribution in [2.24, 2.45) is 0 Å². The summed E-state index contributed by atoms with van der Waals surface area (Å²) in [6.45, 7) is 7.81. The lowest BCUT2D eigenvalue weighted by Crippen LogP contribution is -2.19. The molecule has 1 aromatic carbocycles. The zero-order valence-corrected chi connectivity index (χ0v) is 11.1. The summed E-state index contributed by atoms with van der Waals surface area (Å²) in [6, 6.07) is 7.51. The second-order valence-electron chi connectivity index (χ2n) is 4.80. The molecule has 1 N–H and O–H groups in total. The molecule has 0 amide bonds. The van der Waals surface area contributed by atoms with Crippen molar-refractivity contribution < 1.29 is 8.42 Å². The minimum absolute atomic E-state index is 0.0765. The van der Waals surface area contributed by atoms with Crippen LogP contribution in [0.25, 0.3) is 0 Å². The fourth-order valence-corrected chi connectivity index (χ4v) is 2.12. The summed E-state index contributed by atoms with van der Waals surface area (Å²) in [5.41, 5.74) is 1.61. The van der Waals surface area contributed by atoms with Crippen LogP contribution in [0.3, 0.4) is 0 Å². The smallest absolute Gasteiger partial charge is 0.232 e. The third kappa shape index (κ3) is 3.23. The van der Waals surface area contributed by atoms with Crippen LogP contribution in [0.5, 0.6) is 0 Å². The quantitative estimate of drug-likeness (QED) is 0.884. The van der Waals surface area contributed by atoms with E-state index in [1.165, 1.54) is 0 Å². The molecule has 0 aliphatic rings. The monoisotopic (exact) mass is 241 g/mol. The highest BCUT2D eigenvalue weighted by Crippen LogP contribution is 2.29. The van der Waals surface area contributed by atoms with E-state index in [0.29, 0.717) is 5.69 Å². The van der Waals surface area contributed by atoms with Gasteiger partial charge in [-0.25, -0.2) is 8.42 Å². The lowest BCUT2D eigenvalue weighted by molar-refractivity contribution is 0.590. The predicted molar refractivity (Wildman–Crippen MR) is 68.2 cm³/mol. The molecule has 0 aliphatic heterocycles. The summed E-state index contributed by atoms with van der Waals surface area (Å²) in [4.78, 5) is 0. The van der Waals surface area contributed by atoms with Crippen molar-refractivity contribution in [2.45, 2.75) is 33.1 Å². The highest BCUT2D eigenvalue weighted by Gasteiger charge is 2.19. The van der Waals surface area contributed by atoms with Crippen molar-refractivity contribution in [1.82, 2.24) is 0 Å². The van der Waals surface area contributed by atoms with Gasteiger partial charge >= 0.3 is 0 Å². The van der Waals surface area contributed by atoms with E-state index in [-0.39, 0.29) is 11.2 Å². The van der Waals surface area contributed by atoms with Crippen LogP contribution >= 0.6 is 0 Å². The molecule has 0 aromatic heterocycles. The van der Waals surface area contributed by atoms with Crippen molar-refractivity contribution in [3.63, 3.8) is 0 Å². The summed E-state index contributed by atoms with van der Waals surface area (Å²) < 4.78 is 25.7. The highest BCUT2D eigenvalue weighted by molar-refractivity contribution is 7.92. The Morgan fingerprint density at radius 3 is 2.25 bits per heavy atom. The highest BCUT2D eigenvalue weighted by atomic mass is 32.2. The van der Waals surface area contributed by atoms with Crippen LogP contribution in [0.4, 0.5) is 5.69 Å². The van der Waals surface area contributed by atoms with Gasteiger partial charge in [-0.2, -0.15) is 0 Å². The Morgan fingerprint density at radius 1 is 1.19 bits per heavy atom. The Balaban J connectivity index is 3.16. The first-order valence-electron chi connectivity index (χ1n) is 5.36. The fourth-order valence-electron chi connectivity index (χ4n) is 1.47. The van der Waals surface area contributed by atoms with E-state index in [1.54, 1.807) is 13.0 Å². The third-order valence-electron chi connectivity index (χ3n) is 2.38. The minimum atomic E-state index is -3.21. The maximum Gasteiger partial charge on any atom is 0.232 e. The molecule has 0 aliphatic carbocycles. The average Bonchev–Trinajstić information content (AvgIpc) is 2.16. The van der Waals surface area contributed by atoms with Crippen LogP contribution in [-0.4, -0.2) is 14.2 Å². The van der Waals surface area contributed by atoms with Gasteiger partial charge in [0.25, 0.3) is 0 Å². The number of sulfonamides is 1. The van der Waals surface area contributed by atoms with Gasteiger partial charge in [0.05, 0.1) is 11.4 Å². The number of nitrogens with one attached hydrogen (secondary N) is 1. The molecule has 0 unspecified atom stereocenters. The maximum atomic E-state index is 11.5. The van der Waals surface area contributed by atoms with Crippen molar-refractivity contribution >= 4 is 15.7 Å². The topological polar surface area (TPSA) is 46.2 Å². The molecule has 0 spiro atoms. The Kier molecular flexibility index (Phi) is 3.63. The largest absolute Gasteiger partial charge is 0.283 e. The van der Waals surface area contributed by atoms with Crippen molar-refractivity contribution in [3.8, 4) is 0 Å². The molecule has 0 fully saturated rings. The molecule has 3 nitrogen and oxygen atoms in total. The third-order valence-corrected chi connectivity index (χ3v) is 3.67. The zero-order valence-electron chi connectivity index (χ0n) is 10.2. The second-order valence-corrected chi connectivity index (χ2v) is 6.81. The number of hydrogen-bond donors (Lipinski definition) is 1. The maximum absolute atomic E-state index is 11.5. The van der Waals surface area contributed by atoms with Crippen LogP contribution in [0, 0.1) is 0 Å². The predicted octanol–water partition coefficient (Wildman–Crippen LogP) is 2.75. The van der Waals surface area contributed by atoms with Gasteiger partial charge in [0.1, 0.15) is 0 Å². The van der Waals surface area contributed by atoms with Gasteiger partial charge in [-0.3, -0.25) is 4.72 Å². The normalized spacial score (nSPS) is 12.5. The number of rotatable bonds is 3. The van der Waals surface area contributed by atoms with E-state index in [2.05, 4.69) is 25.5 Å².